The third-order valence-corrected chi connectivity index (χ3v) is 9.79. The molecule has 238 valence electrons. The Labute approximate surface area is 246 Å². The van der Waals surface area contributed by atoms with Gasteiger partial charge in [-0.05, 0) is 47.0 Å². The molecule has 0 aliphatic rings. The fourth-order valence-corrected chi connectivity index (χ4v) is 6.19. The van der Waals surface area contributed by atoms with Crippen LogP contribution in [-0.2, 0) is 14.3 Å². The molecule has 0 aromatic carbocycles. The lowest BCUT2D eigenvalue weighted by molar-refractivity contribution is -0.921. The molecular weight excluding hydrogens is 509 g/mol. The quantitative estimate of drug-likeness (QED) is 0.0502. The Hall–Kier alpha value is -0.200. The van der Waals surface area contributed by atoms with Crippen molar-refractivity contribution in [3.63, 3.8) is 0 Å². The highest BCUT2D eigenvalue weighted by Gasteiger charge is 2.16. The summed E-state index contributed by atoms with van der Waals surface area (Å²) in [7, 11) is -3.35. The van der Waals surface area contributed by atoms with Gasteiger partial charge in [0.2, 0.25) is 0 Å². The molecule has 0 heterocycles. The summed E-state index contributed by atoms with van der Waals surface area (Å²) in [5, 5.41) is 0. The van der Waals surface area contributed by atoms with Crippen molar-refractivity contribution < 1.29 is 21.5 Å². The maximum Gasteiger partial charge on any atom is 0.267 e. The predicted octanol–water partition coefficient (Wildman–Crippen LogP) is 10.4. The second kappa shape index (κ2) is 30.8. The molecule has 0 radical (unpaired) electrons. The van der Waals surface area contributed by atoms with Crippen LogP contribution in [0.15, 0.2) is 0 Å². The van der Waals surface area contributed by atoms with Gasteiger partial charge in [-0.2, -0.15) is 8.42 Å². The number of nitrogens with zero attached hydrogens (tertiary/aromatic N) is 1. The van der Waals surface area contributed by atoms with Gasteiger partial charge in [0.15, 0.2) is 0 Å². The third kappa shape index (κ3) is 29.1. The van der Waals surface area contributed by atoms with Crippen LogP contribution in [0.1, 0.15) is 169 Å². The minimum atomic E-state index is -3.35. The topological polar surface area (TPSA) is 43.4 Å². The van der Waals surface area contributed by atoms with Crippen LogP contribution in [0.2, 0.25) is 0 Å². The Balaban J connectivity index is 0. The normalized spacial score (nSPS) is 11.9. The van der Waals surface area contributed by atoms with Crippen molar-refractivity contribution in [2.45, 2.75) is 169 Å². The van der Waals surface area contributed by atoms with Crippen LogP contribution >= 0.6 is 0 Å². The van der Waals surface area contributed by atoms with Crippen molar-refractivity contribution in [1.29, 1.82) is 0 Å². The highest BCUT2D eigenvalue weighted by molar-refractivity contribution is 7.86. The minimum Gasteiger partial charge on any atom is -0.325 e. The van der Waals surface area contributed by atoms with Gasteiger partial charge in [0.25, 0.3) is 10.1 Å². The molecule has 0 aliphatic carbocycles. The van der Waals surface area contributed by atoms with Crippen LogP contribution in [0, 0.1) is 0 Å². The summed E-state index contributed by atoms with van der Waals surface area (Å²) >= 11 is 0. The molecule has 0 saturated heterocycles. The highest BCUT2D eigenvalue weighted by atomic mass is 32.2. The highest BCUT2D eigenvalue weighted by Crippen LogP contribution is 2.14. The van der Waals surface area contributed by atoms with E-state index >= 15 is 0 Å². The maximum absolute atomic E-state index is 12.0. The fourth-order valence-electron chi connectivity index (χ4n) is 5.14. The van der Waals surface area contributed by atoms with E-state index in [4.69, 9.17) is 4.18 Å². The monoisotopic (exact) mass is 581 g/mol. The van der Waals surface area contributed by atoms with E-state index in [-0.39, 0.29) is 12.4 Å². The van der Waals surface area contributed by atoms with Gasteiger partial charge in [0, 0.05) is 0 Å². The van der Waals surface area contributed by atoms with Gasteiger partial charge < -0.3 is 4.48 Å². The van der Waals surface area contributed by atoms with Crippen LogP contribution < -0.4 is 0 Å². The van der Waals surface area contributed by atoms with E-state index in [1.165, 1.54) is 108 Å². The molecule has 4 nitrogen and oxygen atoms in total. The Kier molecular flexibility index (Phi) is 32.3. The number of unbranched alkanes of at least 4 members (excludes halogenated alkanes) is 19. The average molecular weight is 581 g/mol. The average Bonchev–Trinajstić information content (AvgIpc) is 2.94. The SMILES string of the molecule is CCCCCCCCCCCCCCCCOS(=O)(=O)CCCCCCCCCF.CC[N+](CC)(CC)CC. The Morgan fingerprint density at radius 2 is 0.821 bits per heavy atom. The van der Waals surface area contributed by atoms with Gasteiger partial charge in [-0.1, -0.05) is 122 Å². The molecule has 6 heteroatoms. The predicted molar refractivity (Wildman–Crippen MR) is 171 cm³/mol. The zero-order chi connectivity index (χ0) is 29.5. The molecule has 0 spiro atoms. The lowest BCUT2D eigenvalue weighted by Gasteiger charge is -2.34. The van der Waals surface area contributed by atoms with Crippen LogP contribution in [0.5, 0.6) is 0 Å². The molecule has 0 rings (SSSR count). The summed E-state index contributed by atoms with van der Waals surface area (Å²) in [5.74, 6) is 0.135. The molecule has 0 aromatic rings. The number of rotatable bonds is 29. The molecule has 0 amide bonds. The van der Waals surface area contributed by atoms with Crippen molar-refractivity contribution in [3.8, 4) is 0 Å². The number of alkyl halides is 1. The largest absolute Gasteiger partial charge is 0.325 e. The van der Waals surface area contributed by atoms with Crippen molar-refractivity contribution >= 4 is 10.1 Å². The molecule has 39 heavy (non-hydrogen) atoms. The van der Waals surface area contributed by atoms with Crippen molar-refractivity contribution in [1.82, 2.24) is 0 Å². The molecule has 0 bridgehead atoms. The van der Waals surface area contributed by atoms with Gasteiger partial charge in [0.1, 0.15) is 0 Å². The lowest BCUT2D eigenvalue weighted by atomic mass is 10.0. The number of hydrogen-bond acceptors (Lipinski definition) is 3. The molecule has 0 atom stereocenters. The van der Waals surface area contributed by atoms with Crippen LogP contribution in [0.4, 0.5) is 4.39 Å². The maximum atomic E-state index is 12.0. The number of halogens is 1. The third-order valence-electron chi connectivity index (χ3n) is 8.47. The Bertz CT molecular complexity index is 550. The fraction of sp³-hybridized carbons (Fsp3) is 1.00. The van der Waals surface area contributed by atoms with E-state index in [0.29, 0.717) is 19.4 Å². The molecule has 0 aliphatic heterocycles. The van der Waals surface area contributed by atoms with E-state index < -0.39 is 10.1 Å². The summed E-state index contributed by atoms with van der Waals surface area (Å²) in [5.41, 5.74) is 0. The lowest BCUT2D eigenvalue weighted by Crippen LogP contribution is -2.47. The van der Waals surface area contributed by atoms with E-state index in [2.05, 4.69) is 34.6 Å². The molecule has 0 aromatic heterocycles. The minimum absolute atomic E-state index is 0.135. The molecule has 0 N–H and O–H groups in total. The summed E-state index contributed by atoms with van der Waals surface area (Å²) in [6.07, 6.45) is 24.4. The van der Waals surface area contributed by atoms with Gasteiger partial charge >= 0.3 is 0 Å². The molecule has 0 saturated carbocycles. The number of quaternary nitrogens is 1. The first kappa shape index (κ1) is 40.9. The van der Waals surface area contributed by atoms with E-state index in [1.54, 1.807) is 0 Å². The zero-order valence-corrected chi connectivity index (χ0v) is 28.1. The Morgan fingerprint density at radius 1 is 0.487 bits per heavy atom. The van der Waals surface area contributed by atoms with Crippen LogP contribution in [0.3, 0.4) is 0 Å². The van der Waals surface area contributed by atoms with Crippen molar-refractivity contribution in [2.75, 3.05) is 45.2 Å². The second-order valence-corrected chi connectivity index (χ2v) is 13.2. The van der Waals surface area contributed by atoms with Crippen molar-refractivity contribution in [3.05, 3.63) is 0 Å². The number of hydrogen-bond donors (Lipinski definition) is 0. The van der Waals surface area contributed by atoms with Crippen LogP contribution in [0.25, 0.3) is 0 Å². The second-order valence-electron chi connectivity index (χ2n) is 11.5. The Morgan fingerprint density at radius 3 is 1.15 bits per heavy atom. The smallest absolute Gasteiger partial charge is 0.267 e. The van der Waals surface area contributed by atoms with E-state index in [0.717, 1.165) is 44.9 Å². The molecule has 0 fully saturated rings. The van der Waals surface area contributed by atoms with Crippen molar-refractivity contribution in [2.24, 2.45) is 0 Å². The first-order valence-corrected chi connectivity index (χ1v) is 18.7. The molecular formula is C33H71FNO3S+. The zero-order valence-electron chi connectivity index (χ0n) is 27.3. The van der Waals surface area contributed by atoms with E-state index in [9.17, 15) is 12.8 Å². The van der Waals surface area contributed by atoms with Crippen LogP contribution in [-0.4, -0.2) is 58.1 Å². The summed E-state index contributed by atoms with van der Waals surface area (Å²) in [6, 6.07) is 0. The summed E-state index contributed by atoms with van der Waals surface area (Å²) in [6.45, 7) is 16.6. The van der Waals surface area contributed by atoms with E-state index in [1.807, 2.05) is 0 Å². The van der Waals surface area contributed by atoms with Gasteiger partial charge in [-0.25, -0.2) is 0 Å². The summed E-state index contributed by atoms with van der Waals surface area (Å²) < 4.78 is 42.1. The van der Waals surface area contributed by atoms with Gasteiger partial charge in [0.05, 0.1) is 45.2 Å². The first-order chi connectivity index (χ1) is 18.9. The summed E-state index contributed by atoms with van der Waals surface area (Å²) in [4.78, 5) is 0. The molecule has 0 unspecified atom stereocenters. The standard InChI is InChI=1S/C25H51FO3S.C8H20N/c1-2-3-4-5-6-7-8-9-10-11-12-15-18-21-24-29-30(27,28)25-22-19-16-13-14-17-20-23-26;1-5-9(6-2,7-3)8-4/h2-25H2,1H3;5-8H2,1-4H3/q;+1. The first-order valence-electron chi connectivity index (χ1n) is 17.1. The van der Waals surface area contributed by atoms with Gasteiger partial charge in [-0.3, -0.25) is 8.57 Å². The van der Waals surface area contributed by atoms with Gasteiger partial charge in [-0.15, -0.1) is 0 Å².